The van der Waals surface area contributed by atoms with E-state index in [-0.39, 0.29) is 5.92 Å². The molecule has 1 aromatic carbocycles. The minimum absolute atomic E-state index is 0.276. The molecular weight excluding hydrogens is 263 g/mol. The Hall–Kier alpha value is -0.770. The summed E-state index contributed by atoms with van der Waals surface area (Å²) < 4.78 is 5.35. The van der Waals surface area contributed by atoms with E-state index in [4.69, 9.17) is 27.9 Å². The lowest BCUT2D eigenvalue weighted by molar-refractivity contribution is -0.146. The second kappa shape index (κ2) is 5.25. The van der Waals surface area contributed by atoms with Gasteiger partial charge >= 0.3 is 5.97 Å². The van der Waals surface area contributed by atoms with Crippen LogP contribution in [0.3, 0.4) is 0 Å². The van der Waals surface area contributed by atoms with Gasteiger partial charge in [-0.1, -0.05) is 29.3 Å². The molecule has 1 aliphatic heterocycles. The second-order valence-corrected chi connectivity index (χ2v) is 4.86. The van der Waals surface area contributed by atoms with Gasteiger partial charge in [-0.3, -0.25) is 4.79 Å². The lowest BCUT2D eigenvalue weighted by Gasteiger charge is -2.30. The van der Waals surface area contributed by atoms with Gasteiger partial charge in [-0.15, -0.1) is 0 Å². The van der Waals surface area contributed by atoms with Gasteiger partial charge in [0.15, 0.2) is 0 Å². The van der Waals surface area contributed by atoms with Crippen LogP contribution < -0.4 is 0 Å². The highest BCUT2D eigenvalue weighted by molar-refractivity contribution is 6.36. The highest BCUT2D eigenvalue weighted by atomic mass is 35.5. The Kier molecular flexibility index (Phi) is 3.92. The third-order valence-corrected chi connectivity index (χ3v) is 3.70. The average Bonchev–Trinajstić information content (AvgIpc) is 2.29. The Balaban J connectivity index is 2.39. The molecule has 2 unspecified atom stereocenters. The smallest absolute Gasteiger partial charge is 0.307 e. The van der Waals surface area contributed by atoms with E-state index in [0.717, 1.165) is 0 Å². The number of aliphatic carboxylic acids is 1. The van der Waals surface area contributed by atoms with Gasteiger partial charge in [0.2, 0.25) is 0 Å². The highest BCUT2D eigenvalue weighted by Gasteiger charge is 2.34. The minimum atomic E-state index is -0.825. The molecule has 0 spiro atoms. The van der Waals surface area contributed by atoms with Gasteiger partial charge in [0.1, 0.15) is 0 Å². The molecule has 2 rings (SSSR count). The van der Waals surface area contributed by atoms with Gasteiger partial charge in [-0.25, -0.2) is 0 Å². The lowest BCUT2D eigenvalue weighted by atomic mass is 9.83. The maximum absolute atomic E-state index is 11.2. The number of carboxylic acids is 1. The van der Waals surface area contributed by atoms with E-state index in [2.05, 4.69) is 0 Å². The summed E-state index contributed by atoms with van der Waals surface area (Å²) in [7, 11) is 0. The van der Waals surface area contributed by atoms with Gasteiger partial charge in [-0.2, -0.15) is 0 Å². The molecule has 0 amide bonds. The van der Waals surface area contributed by atoms with Crippen LogP contribution in [-0.4, -0.2) is 24.3 Å². The van der Waals surface area contributed by atoms with Crippen LogP contribution in [-0.2, 0) is 9.53 Å². The van der Waals surface area contributed by atoms with Crippen LogP contribution in [0.15, 0.2) is 18.2 Å². The average molecular weight is 275 g/mol. The van der Waals surface area contributed by atoms with Crippen LogP contribution in [0.25, 0.3) is 0 Å². The molecular formula is C12H12Cl2O3. The van der Waals surface area contributed by atoms with Crippen LogP contribution in [0.4, 0.5) is 0 Å². The molecule has 3 nitrogen and oxygen atoms in total. The molecule has 1 heterocycles. The quantitative estimate of drug-likeness (QED) is 0.901. The zero-order valence-corrected chi connectivity index (χ0v) is 10.5. The van der Waals surface area contributed by atoms with Crippen molar-refractivity contribution < 1.29 is 14.6 Å². The predicted molar refractivity (Wildman–Crippen MR) is 65.8 cm³/mol. The van der Waals surface area contributed by atoms with E-state index in [9.17, 15) is 9.90 Å². The van der Waals surface area contributed by atoms with Crippen LogP contribution >= 0.6 is 23.2 Å². The zero-order chi connectivity index (χ0) is 12.4. The van der Waals surface area contributed by atoms with Crippen molar-refractivity contribution in [2.45, 2.75) is 12.3 Å². The number of rotatable bonds is 2. The van der Waals surface area contributed by atoms with Crippen molar-refractivity contribution in [3.05, 3.63) is 33.8 Å². The first-order valence-corrected chi connectivity index (χ1v) is 6.11. The molecule has 17 heavy (non-hydrogen) atoms. The summed E-state index contributed by atoms with van der Waals surface area (Å²) in [5, 5.41) is 10.2. The van der Waals surface area contributed by atoms with Gasteiger partial charge in [0.05, 0.1) is 12.5 Å². The van der Waals surface area contributed by atoms with Crippen molar-refractivity contribution >= 4 is 29.2 Å². The van der Waals surface area contributed by atoms with Gasteiger partial charge in [0, 0.05) is 22.6 Å². The molecule has 1 aromatic rings. The fraction of sp³-hybridized carbons (Fsp3) is 0.417. The summed E-state index contributed by atoms with van der Waals surface area (Å²) in [6.45, 7) is 0.815. The van der Waals surface area contributed by atoms with Gasteiger partial charge in [-0.05, 0) is 24.1 Å². The molecule has 0 bridgehead atoms. The number of carbonyl (C=O) groups is 1. The van der Waals surface area contributed by atoms with E-state index in [1.165, 1.54) is 0 Å². The maximum atomic E-state index is 11.2. The summed E-state index contributed by atoms with van der Waals surface area (Å²) in [6, 6.07) is 5.18. The third-order valence-electron chi connectivity index (χ3n) is 3.04. The number of carboxylic acid groups (broad SMARTS) is 1. The lowest BCUT2D eigenvalue weighted by Crippen LogP contribution is -2.31. The largest absolute Gasteiger partial charge is 0.481 e. The summed E-state index contributed by atoms with van der Waals surface area (Å²) in [4.78, 5) is 11.2. The number of hydrogen-bond acceptors (Lipinski definition) is 2. The molecule has 92 valence electrons. The molecule has 1 fully saturated rings. The van der Waals surface area contributed by atoms with E-state index >= 15 is 0 Å². The summed E-state index contributed by atoms with van der Waals surface area (Å²) in [6.07, 6.45) is 0.488. The molecule has 0 aromatic heterocycles. The van der Waals surface area contributed by atoms with Crippen LogP contribution in [0.2, 0.25) is 10.0 Å². The van der Waals surface area contributed by atoms with Crippen molar-refractivity contribution in [1.82, 2.24) is 0 Å². The third kappa shape index (κ3) is 2.57. The Labute approximate surface area is 109 Å². The Bertz CT molecular complexity index is 414. The van der Waals surface area contributed by atoms with E-state index in [0.29, 0.717) is 35.2 Å². The van der Waals surface area contributed by atoms with Crippen molar-refractivity contribution in [3.8, 4) is 0 Å². The molecule has 1 saturated heterocycles. The fourth-order valence-corrected chi connectivity index (χ4v) is 2.86. The van der Waals surface area contributed by atoms with E-state index in [1.807, 2.05) is 0 Å². The Morgan fingerprint density at radius 3 is 2.59 bits per heavy atom. The topological polar surface area (TPSA) is 46.5 Å². The molecule has 1 N–H and O–H groups in total. The SMILES string of the molecule is O=C(O)C1CCOCC1c1c(Cl)cccc1Cl. The number of halogens is 2. The molecule has 1 aliphatic rings. The molecule has 2 atom stereocenters. The van der Waals surface area contributed by atoms with Gasteiger partial charge < -0.3 is 9.84 Å². The zero-order valence-electron chi connectivity index (χ0n) is 9.03. The first-order chi connectivity index (χ1) is 8.11. The molecule has 0 saturated carbocycles. The van der Waals surface area contributed by atoms with Crippen LogP contribution in [0.1, 0.15) is 17.9 Å². The molecule has 0 radical (unpaired) electrons. The second-order valence-electron chi connectivity index (χ2n) is 4.05. The van der Waals surface area contributed by atoms with Crippen molar-refractivity contribution in [1.29, 1.82) is 0 Å². The summed E-state index contributed by atoms with van der Waals surface area (Å²) in [5.41, 5.74) is 0.683. The first kappa shape index (κ1) is 12.7. The van der Waals surface area contributed by atoms with Gasteiger partial charge in [0.25, 0.3) is 0 Å². The van der Waals surface area contributed by atoms with E-state index in [1.54, 1.807) is 18.2 Å². The van der Waals surface area contributed by atoms with Crippen molar-refractivity contribution in [3.63, 3.8) is 0 Å². The number of hydrogen-bond donors (Lipinski definition) is 1. The summed E-state index contributed by atoms with van der Waals surface area (Å²) in [5.74, 6) is -1.59. The molecule has 5 heteroatoms. The van der Waals surface area contributed by atoms with E-state index < -0.39 is 11.9 Å². The Morgan fingerprint density at radius 2 is 2.00 bits per heavy atom. The molecule has 0 aliphatic carbocycles. The summed E-state index contributed by atoms with van der Waals surface area (Å²) >= 11 is 12.2. The van der Waals surface area contributed by atoms with Crippen LogP contribution in [0, 0.1) is 5.92 Å². The monoisotopic (exact) mass is 274 g/mol. The van der Waals surface area contributed by atoms with Crippen molar-refractivity contribution in [2.24, 2.45) is 5.92 Å². The fourth-order valence-electron chi connectivity index (χ4n) is 2.18. The Morgan fingerprint density at radius 1 is 1.35 bits per heavy atom. The number of benzene rings is 1. The van der Waals surface area contributed by atoms with Crippen LogP contribution in [0.5, 0.6) is 0 Å². The van der Waals surface area contributed by atoms with Crippen molar-refractivity contribution in [2.75, 3.05) is 13.2 Å². The maximum Gasteiger partial charge on any atom is 0.307 e. The standard InChI is InChI=1S/C12H12Cl2O3/c13-9-2-1-3-10(14)11(9)8-6-17-5-4-7(8)12(15)16/h1-3,7-8H,4-6H2,(H,15,16). The predicted octanol–water partition coefficient (Wildman–Crippen LogP) is 3.20. The first-order valence-electron chi connectivity index (χ1n) is 5.35. The highest BCUT2D eigenvalue weighted by Crippen LogP contribution is 2.39. The minimum Gasteiger partial charge on any atom is -0.481 e. The normalized spacial score (nSPS) is 24.6. The number of ether oxygens (including phenoxy) is 1.